The van der Waals surface area contributed by atoms with Crippen LogP contribution in [0.25, 0.3) is 6.08 Å². The first kappa shape index (κ1) is 15.1. The molecule has 1 aliphatic heterocycles. The summed E-state index contributed by atoms with van der Waals surface area (Å²) in [6, 6.07) is 21.5. The highest BCUT2D eigenvalue weighted by molar-refractivity contribution is 5.48. The summed E-state index contributed by atoms with van der Waals surface area (Å²) in [4.78, 5) is 2.59. The fourth-order valence-corrected chi connectivity index (χ4v) is 3.33. The number of nitrogens with zero attached hydrogens (tertiary/aromatic N) is 1. The van der Waals surface area contributed by atoms with Gasteiger partial charge in [0.1, 0.15) is 0 Å². The molecule has 2 aromatic carbocycles. The second-order valence-electron chi connectivity index (χ2n) is 6.27. The van der Waals surface area contributed by atoms with Gasteiger partial charge in [0.15, 0.2) is 0 Å². The molecular formula is C21H25N. The van der Waals surface area contributed by atoms with Crippen LogP contribution in [0.1, 0.15) is 24.0 Å². The lowest BCUT2D eigenvalue weighted by Crippen LogP contribution is -2.36. The van der Waals surface area contributed by atoms with E-state index < -0.39 is 0 Å². The van der Waals surface area contributed by atoms with Crippen LogP contribution in [0.2, 0.25) is 0 Å². The van der Waals surface area contributed by atoms with Crippen molar-refractivity contribution in [1.82, 2.24) is 4.90 Å². The maximum absolute atomic E-state index is 2.59. The van der Waals surface area contributed by atoms with Gasteiger partial charge in [-0.2, -0.15) is 0 Å². The third-order valence-electron chi connectivity index (χ3n) is 4.44. The van der Waals surface area contributed by atoms with Gasteiger partial charge in [0.2, 0.25) is 0 Å². The van der Waals surface area contributed by atoms with Crippen molar-refractivity contribution >= 4 is 6.08 Å². The van der Waals surface area contributed by atoms with E-state index in [-0.39, 0.29) is 0 Å². The van der Waals surface area contributed by atoms with Gasteiger partial charge in [-0.15, -0.1) is 0 Å². The molecule has 0 saturated carbocycles. The summed E-state index contributed by atoms with van der Waals surface area (Å²) in [6.07, 6.45) is 8.46. The highest BCUT2D eigenvalue weighted by Crippen LogP contribution is 2.20. The van der Waals surface area contributed by atoms with E-state index in [2.05, 4.69) is 77.7 Å². The van der Waals surface area contributed by atoms with E-state index in [0.717, 1.165) is 12.5 Å². The molecule has 1 heterocycles. The molecule has 22 heavy (non-hydrogen) atoms. The van der Waals surface area contributed by atoms with Crippen LogP contribution in [0.3, 0.4) is 0 Å². The van der Waals surface area contributed by atoms with Gasteiger partial charge in [-0.1, -0.05) is 72.8 Å². The van der Waals surface area contributed by atoms with Gasteiger partial charge in [-0.25, -0.2) is 0 Å². The van der Waals surface area contributed by atoms with Crippen molar-refractivity contribution in [3.05, 3.63) is 77.9 Å². The molecular weight excluding hydrogens is 266 g/mol. The molecule has 0 N–H and O–H groups in total. The molecule has 2 aromatic rings. The Labute approximate surface area is 134 Å². The molecule has 0 aliphatic carbocycles. The van der Waals surface area contributed by atoms with Crippen LogP contribution >= 0.6 is 0 Å². The zero-order valence-electron chi connectivity index (χ0n) is 13.2. The molecule has 1 unspecified atom stereocenters. The van der Waals surface area contributed by atoms with Gasteiger partial charge in [-0.3, -0.25) is 4.90 Å². The molecule has 1 saturated heterocycles. The summed E-state index contributed by atoms with van der Waals surface area (Å²) in [5, 5.41) is 0. The Morgan fingerprint density at radius 1 is 0.955 bits per heavy atom. The molecule has 0 radical (unpaired) electrons. The van der Waals surface area contributed by atoms with Gasteiger partial charge in [0.05, 0.1) is 0 Å². The first-order valence-corrected chi connectivity index (χ1v) is 8.38. The predicted octanol–water partition coefficient (Wildman–Crippen LogP) is 4.65. The zero-order chi connectivity index (χ0) is 15.0. The topological polar surface area (TPSA) is 3.24 Å². The standard InChI is InChI=1S/C21H25N/c1-3-9-19(10-4-1)13-7-15-22-16-8-14-21(18-22)17-20-11-5-2-6-12-20/h1-7,9-13,21H,8,14-18H2/b13-7+. The van der Waals surface area contributed by atoms with Crippen LogP contribution in [0, 0.1) is 5.92 Å². The summed E-state index contributed by atoms with van der Waals surface area (Å²) in [6.45, 7) is 3.54. The SMILES string of the molecule is C(=C\c1ccccc1)/CN1CCCC(Cc2ccccc2)C1. The summed E-state index contributed by atoms with van der Waals surface area (Å²) in [5.41, 5.74) is 2.77. The fraction of sp³-hybridized carbons (Fsp3) is 0.333. The van der Waals surface area contributed by atoms with E-state index in [1.54, 1.807) is 0 Å². The second kappa shape index (κ2) is 7.95. The van der Waals surface area contributed by atoms with Gasteiger partial charge >= 0.3 is 0 Å². The van der Waals surface area contributed by atoms with Crippen molar-refractivity contribution in [2.45, 2.75) is 19.3 Å². The Morgan fingerprint density at radius 2 is 1.68 bits per heavy atom. The van der Waals surface area contributed by atoms with Crippen molar-refractivity contribution in [1.29, 1.82) is 0 Å². The van der Waals surface area contributed by atoms with Crippen LogP contribution in [-0.2, 0) is 6.42 Å². The lowest BCUT2D eigenvalue weighted by Gasteiger charge is -2.32. The molecule has 1 heteroatoms. The van der Waals surface area contributed by atoms with Gasteiger partial charge in [0.25, 0.3) is 0 Å². The van der Waals surface area contributed by atoms with Gasteiger partial charge in [0, 0.05) is 13.1 Å². The van der Waals surface area contributed by atoms with Gasteiger partial charge < -0.3 is 0 Å². The molecule has 114 valence electrons. The number of piperidine rings is 1. The molecule has 0 amide bonds. The first-order chi connectivity index (χ1) is 10.9. The molecule has 1 aliphatic rings. The Bertz CT molecular complexity index is 573. The number of benzene rings is 2. The molecule has 1 atom stereocenters. The summed E-state index contributed by atoms with van der Waals surface area (Å²) >= 11 is 0. The molecule has 0 aromatic heterocycles. The quantitative estimate of drug-likeness (QED) is 0.775. The van der Waals surface area contributed by atoms with E-state index in [4.69, 9.17) is 0 Å². The fourth-order valence-electron chi connectivity index (χ4n) is 3.33. The first-order valence-electron chi connectivity index (χ1n) is 8.38. The Morgan fingerprint density at radius 3 is 2.45 bits per heavy atom. The van der Waals surface area contributed by atoms with Crippen molar-refractivity contribution < 1.29 is 0 Å². The molecule has 1 nitrogen and oxygen atoms in total. The molecule has 1 fully saturated rings. The Kier molecular flexibility index (Phi) is 5.44. The summed E-state index contributed by atoms with van der Waals surface area (Å²) < 4.78 is 0. The highest BCUT2D eigenvalue weighted by atomic mass is 15.1. The Balaban J connectivity index is 1.49. The molecule has 0 bridgehead atoms. The van der Waals surface area contributed by atoms with Crippen LogP contribution in [-0.4, -0.2) is 24.5 Å². The van der Waals surface area contributed by atoms with Crippen LogP contribution in [0.5, 0.6) is 0 Å². The molecule has 3 rings (SSSR count). The van der Waals surface area contributed by atoms with E-state index in [0.29, 0.717) is 0 Å². The number of likely N-dealkylation sites (tertiary alicyclic amines) is 1. The summed E-state index contributed by atoms with van der Waals surface area (Å²) in [7, 11) is 0. The number of hydrogen-bond acceptors (Lipinski definition) is 1. The lowest BCUT2D eigenvalue weighted by atomic mass is 9.91. The third kappa shape index (κ3) is 4.57. The number of hydrogen-bond donors (Lipinski definition) is 0. The van der Waals surface area contributed by atoms with Crippen molar-refractivity contribution in [3.63, 3.8) is 0 Å². The van der Waals surface area contributed by atoms with Crippen molar-refractivity contribution in [3.8, 4) is 0 Å². The minimum absolute atomic E-state index is 0.807. The van der Waals surface area contributed by atoms with Crippen LogP contribution in [0.4, 0.5) is 0 Å². The van der Waals surface area contributed by atoms with Crippen molar-refractivity contribution in [2.75, 3.05) is 19.6 Å². The maximum atomic E-state index is 2.59. The van der Waals surface area contributed by atoms with E-state index in [1.807, 2.05) is 0 Å². The van der Waals surface area contributed by atoms with E-state index in [1.165, 1.54) is 43.5 Å². The normalized spacial score (nSPS) is 19.5. The number of rotatable bonds is 5. The minimum atomic E-state index is 0.807. The largest absolute Gasteiger partial charge is 0.299 e. The maximum Gasteiger partial charge on any atom is 0.0166 e. The summed E-state index contributed by atoms with van der Waals surface area (Å²) in [5.74, 6) is 0.807. The zero-order valence-corrected chi connectivity index (χ0v) is 13.2. The third-order valence-corrected chi connectivity index (χ3v) is 4.44. The average molecular weight is 291 g/mol. The lowest BCUT2D eigenvalue weighted by molar-refractivity contribution is 0.190. The van der Waals surface area contributed by atoms with E-state index >= 15 is 0 Å². The second-order valence-corrected chi connectivity index (χ2v) is 6.27. The minimum Gasteiger partial charge on any atom is -0.299 e. The van der Waals surface area contributed by atoms with Crippen molar-refractivity contribution in [2.24, 2.45) is 5.92 Å². The van der Waals surface area contributed by atoms with E-state index in [9.17, 15) is 0 Å². The predicted molar refractivity (Wildman–Crippen MR) is 94.8 cm³/mol. The van der Waals surface area contributed by atoms with Crippen LogP contribution < -0.4 is 0 Å². The Hall–Kier alpha value is -1.86. The molecule has 0 spiro atoms. The monoisotopic (exact) mass is 291 g/mol. The average Bonchev–Trinajstić information content (AvgIpc) is 2.57. The van der Waals surface area contributed by atoms with Gasteiger partial charge in [-0.05, 0) is 42.9 Å². The highest BCUT2D eigenvalue weighted by Gasteiger charge is 2.19. The smallest absolute Gasteiger partial charge is 0.0166 e. The van der Waals surface area contributed by atoms with Crippen LogP contribution in [0.15, 0.2) is 66.7 Å².